The zero-order valence-corrected chi connectivity index (χ0v) is 16.1. The molecule has 0 saturated carbocycles. The van der Waals surface area contributed by atoms with Crippen molar-refractivity contribution in [2.45, 2.75) is 6.92 Å². The van der Waals surface area contributed by atoms with Crippen LogP contribution in [0.3, 0.4) is 0 Å². The van der Waals surface area contributed by atoms with Gasteiger partial charge in [-0.05, 0) is 48.9 Å². The van der Waals surface area contributed by atoms with E-state index in [2.05, 4.69) is 15.9 Å². The molecule has 6 nitrogen and oxygen atoms in total. The molecule has 0 unspecified atom stereocenters. The number of rotatable bonds is 8. The van der Waals surface area contributed by atoms with E-state index in [9.17, 15) is 9.59 Å². The van der Waals surface area contributed by atoms with Crippen LogP contribution in [0.15, 0.2) is 46.9 Å². The molecule has 0 aromatic heterocycles. The Labute approximate surface area is 160 Å². The van der Waals surface area contributed by atoms with Crippen LogP contribution in [-0.2, 0) is 14.3 Å². The highest BCUT2D eigenvalue weighted by Crippen LogP contribution is 2.21. The standard InChI is InChI=1S/C19H19BrO6/c1-13-10-15(6-7-17(13)20)25-12-18(21)26-16-5-3-4-14(11-16)19(22)24-9-8-23-2/h3-7,10-11H,8-9,12H2,1-2H3. The molecule has 2 rings (SSSR count). The van der Waals surface area contributed by atoms with Crippen LogP contribution >= 0.6 is 15.9 Å². The van der Waals surface area contributed by atoms with Gasteiger partial charge in [0.05, 0.1) is 12.2 Å². The van der Waals surface area contributed by atoms with E-state index in [1.54, 1.807) is 24.3 Å². The smallest absolute Gasteiger partial charge is 0.349 e. The molecule has 7 heteroatoms. The first-order chi connectivity index (χ1) is 12.5. The van der Waals surface area contributed by atoms with E-state index in [1.807, 2.05) is 19.1 Å². The summed E-state index contributed by atoms with van der Waals surface area (Å²) in [4.78, 5) is 23.8. The molecule has 0 aliphatic heterocycles. The Hall–Kier alpha value is -2.38. The third kappa shape index (κ3) is 6.16. The van der Waals surface area contributed by atoms with Crippen LogP contribution < -0.4 is 9.47 Å². The molecule has 0 heterocycles. The normalized spacial score (nSPS) is 10.3. The van der Waals surface area contributed by atoms with E-state index in [-0.39, 0.29) is 24.5 Å². The number of hydrogen-bond acceptors (Lipinski definition) is 6. The third-order valence-electron chi connectivity index (χ3n) is 3.31. The van der Waals surface area contributed by atoms with E-state index in [0.29, 0.717) is 12.4 Å². The maximum atomic E-state index is 11.9. The Morgan fingerprint density at radius 1 is 1.04 bits per heavy atom. The van der Waals surface area contributed by atoms with Crippen LogP contribution in [-0.4, -0.2) is 38.9 Å². The molecule has 0 aliphatic carbocycles. The lowest BCUT2D eigenvalue weighted by atomic mass is 10.2. The first kappa shape index (κ1) is 19.9. The number of carbonyl (C=O) groups is 2. The Kier molecular flexibility index (Phi) is 7.62. The molecule has 0 fully saturated rings. The van der Waals surface area contributed by atoms with E-state index in [4.69, 9.17) is 18.9 Å². The summed E-state index contributed by atoms with van der Waals surface area (Å²) >= 11 is 3.40. The highest BCUT2D eigenvalue weighted by atomic mass is 79.9. The minimum absolute atomic E-state index is 0.153. The average molecular weight is 423 g/mol. The van der Waals surface area contributed by atoms with Gasteiger partial charge in [-0.15, -0.1) is 0 Å². The van der Waals surface area contributed by atoms with Crippen molar-refractivity contribution in [2.24, 2.45) is 0 Å². The predicted molar refractivity (Wildman–Crippen MR) is 98.6 cm³/mol. The summed E-state index contributed by atoms with van der Waals surface area (Å²) in [5.74, 6) is -0.276. The molecule has 138 valence electrons. The minimum atomic E-state index is -0.574. The van der Waals surface area contributed by atoms with E-state index in [1.165, 1.54) is 13.2 Å². The van der Waals surface area contributed by atoms with Crippen LogP contribution in [0.4, 0.5) is 0 Å². The number of carbonyl (C=O) groups excluding carboxylic acids is 2. The largest absolute Gasteiger partial charge is 0.482 e. The summed E-state index contributed by atoms with van der Waals surface area (Å²) < 4.78 is 21.4. The van der Waals surface area contributed by atoms with Crippen molar-refractivity contribution >= 4 is 27.9 Å². The van der Waals surface area contributed by atoms with Gasteiger partial charge in [-0.25, -0.2) is 9.59 Å². The molecule has 0 amide bonds. The van der Waals surface area contributed by atoms with Crippen molar-refractivity contribution in [1.82, 2.24) is 0 Å². The van der Waals surface area contributed by atoms with Gasteiger partial charge < -0.3 is 18.9 Å². The number of ether oxygens (including phenoxy) is 4. The monoisotopic (exact) mass is 422 g/mol. The molecule has 0 spiro atoms. The molecular formula is C19H19BrO6. The summed E-state index contributed by atoms with van der Waals surface area (Å²) in [6.45, 7) is 2.14. The lowest BCUT2D eigenvalue weighted by Gasteiger charge is -2.09. The molecule has 0 saturated heterocycles. The molecule has 0 aliphatic rings. The SMILES string of the molecule is COCCOC(=O)c1cccc(OC(=O)COc2ccc(Br)c(C)c2)c1. The summed E-state index contributed by atoms with van der Waals surface area (Å²) in [7, 11) is 1.52. The topological polar surface area (TPSA) is 71.1 Å². The Morgan fingerprint density at radius 3 is 2.58 bits per heavy atom. The Bertz CT molecular complexity index is 774. The zero-order chi connectivity index (χ0) is 18.9. The van der Waals surface area contributed by atoms with Crippen molar-refractivity contribution in [1.29, 1.82) is 0 Å². The van der Waals surface area contributed by atoms with Gasteiger partial charge in [-0.1, -0.05) is 22.0 Å². The van der Waals surface area contributed by atoms with Gasteiger partial charge >= 0.3 is 11.9 Å². The van der Waals surface area contributed by atoms with Gasteiger partial charge in [0.25, 0.3) is 0 Å². The third-order valence-corrected chi connectivity index (χ3v) is 4.20. The summed E-state index contributed by atoms with van der Waals surface area (Å²) in [6.07, 6.45) is 0. The number of hydrogen-bond donors (Lipinski definition) is 0. The Morgan fingerprint density at radius 2 is 1.85 bits per heavy atom. The summed E-state index contributed by atoms with van der Waals surface area (Å²) in [6, 6.07) is 11.6. The van der Waals surface area contributed by atoms with Crippen molar-refractivity contribution in [3.8, 4) is 11.5 Å². The average Bonchev–Trinajstić information content (AvgIpc) is 2.63. The van der Waals surface area contributed by atoms with Crippen molar-refractivity contribution in [2.75, 3.05) is 26.9 Å². The summed E-state index contributed by atoms with van der Waals surface area (Å²) in [5.41, 5.74) is 1.28. The second-order valence-electron chi connectivity index (χ2n) is 5.33. The molecule has 2 aromatic rings. The molecule has 0 bridgehead atoms. The summed E-state index contributed by atoms with van der Waals surface area (Å²) in [5, 5.41) is 0. The first-order valence-corrected chi connectivity index (χ1v) is 8.64. The van der Waals surface area contributed by atoms with Gasteiger partial charge in [0.2, 0.25) is 0 Å². The van der Waals surface area contributed by atoms with Crippen LogP contribution in [0.5, 0.6) is 11.5 Å². The minimum Gasteiger partial charge on any atom is -0.482 e. The van der Waals surface area contributed by atoms with Gasteiger partial charge in [-0.3, -0.25) is 0 Å². The number of benzene rings is 2. The Balaban J connectivity index is 1.89. The lowest BCUT2D eigenvalue weighted by Crippen LogP contribution is -2.18. The molecule has 0 N–H and O–H groups in total. The number of methoxy groups -OCH3 is 1. The van der Waals surface area contributed by atoms with Crippen molar-refractivity contribution < 1.29 is 28.5 Å². The fraction of sp³-hybridized carbons (Fsp3) is 0.263. The van der Waals surface area contributed by atoms with Crippen LogP contribution in [0.2, 0.25) is 0 Å². The number of esters is 2. The second-order valence-corrected chi connectivity index (χ2v) is 6.18. The van der Waals surface area contributed by atoms with Crippen molar-refractivity contribution in [3.63, 3.8) is 0 Å². The fourth-order valence-corrected chi connectivity index (χ4v) is 2.24. The molecular weight excluding hydrogens is 404 g/mol. The first-order valence-electron chi connectivity index (χ1n) is 7.85. The maximum Gasteiger partial charge on any atom is 0.349 e. The molecule has 2 aromatic carbocycles. The molecule has 0 atom stereocenters. The second kappa shape index (κ2) is 9.94. The van der Waals surface area contributed by atoms with E-state index >= 15 is 0 Å². The van der Waals surface area contributed by atoms with Gasteiger partial charge in [0.1, 0.15) is 18.1 Å². The highest BCUT2D eigenvalue weighted by Gasteiger charge is 2.11. The van der Waals surface area contributed by atoms with Crippen LogP contribution in [0.1, 0.15) is 15.9 Å². The zero-order valence-electron chi connectivity index (χ0n) is 14.5. The van der Waals surface area contributed by atoms with Gasteiger partial charge in [0.15, 0.2) is 6.61 Å². The van der Waals surface area contributed by atoms with Crippen LogP contribution in [0.25, 0.3) is 0 Å². The highest BCUT2D eigenvalue weighted by molar-refractivity contribution is 9.10. The maximum absolute atomic E-state index is 11.9. The molecule has 0 radical (unpaired) electrons. The molecule has 26 heavy (non-hydrogen) atoms. The fourth-order valence-electron chi connectivity index (χ4n) is 2.00. The van der Waals surface area contributed by atoms with Gasteiger partial charge in [0, 0.05) is 11.6 Å². The quantitative estimate of drug-likeness (QED) is 0.368. The van der Waals surface area contributed by atoms with Crippen molar-refractivity contribution in [3.05, 3.63) is 58.1 Å². The van der Waals surface area contributed by atoms with E-state index in [0.717, 1.165) is 10.0 Å². The number of halogens is 1. The van der Waals surface area contributed by atoms with Gasteiger partial charge in [-0.2, -0.15) is 0 Å². The number of aryl methyl sites for hydroxylation is 1. The van der Waals surface area contributed by atoms with Crippen LogP contribution in [0, 0.1) is 6.92 Å². The lowest BCUT2D eigenvalue weighted by molar-refractivity contribution is -0.136. The van der Waals surface area contributed by atoms with E-state index < -0.39 is 11.9 Å². The predicted octanol–water partition coefficient (Wildman–Crippen LogP) is 3.55.